The average molecular weight is 439 g/mol. The van der Waals surface area contributed by atoms with E-state index < -0.39 is 22.0 Å². The Morgan fingerprint density at radius 3 is 2.31 bits per heavy atom. The zero-order chi connectivity index (χ0) is 21.0. The molecule has 1 atom stereocenters. The van der Waals surface area contributed by atoms with Gasteiger partial charge >= 0.3 is 0 Å². The van der Waals surface area contributed by atoms with Crippen molar-refractivity contribution >= 4 is 27.5 Å². The van der Waals surface area contributed by atoms with Gasteiger partial charge in [0.2, 0.25) is 10.0 Å². The Morgan fingerprint density at radius 2 is 1.69 bits per heavy atom. The summed E-state index contributed by atoms with van der Waals surface area (Å²) in [6.45, 7) is 2.72. The van der Waals surface area contributed by atoms with Crippen LogP contribution >= 0.6 is 11.6 Å². The van der Waals surface area contributed by atoms with Gasteiger partial charge in [-0.2, -0.15) is 4.31 Å². The molecule has 2 aromatic rings. The van der Waals surface area contributed by atoms with Gasteiger partial charge in [-0.1, -0.05) is 36.6 Å². The van der Waals surface area contributed by atoms with Crippen LogP contribution < -0.4 is 5.32 Å². The van der Waals surface area contributed by atoms with E-state index in [2.05, 4.69) is 5.32 Å². The second-order valence-electron chi connectivity index (χ2n) is 7.21. The number of sulfonamides is 1. The van der Waals surface area contributed by atoms with Crippen molar-refractivity contribution in [3.05, 3.63) is 64.4 Å². The lowest BCUT2D eigenvalue weighted by molar-refractivity contribution is 0.0940. The van der Waals surface area contributed by atoms with Crippen molar-refractivity contribution in [3.63, 3.8) is 0 Å². The van der Waals surface area contributed by atoms with Crippen molar-refractivity contribution in [2.45, 2.75) is 43.5 Å². The van der Waals surface area contributed by atoms with Crippen LogP contribution in [0.4, 0.5) is 4.39 Å². The van der Waals surface area contributed by atoms with Crippen molar-refractivity contribution in [2.24, 2.45) is 0 Å². The van der Waals surface area contributed by atoms with Crippen LogP contribution in [-0.4, -0.2) is 31.7 Å². The first-order valence-electron chi connectivity index (χ1n) is 9.65. The highest BCUT2D eigenvalue weighted by molar-refractivity contribution is 7.89. The summed E-state index contributed by atoms with van der Waals surface area (Å²) in [6.07, 6.45) is 3.69. The zero-order valence-electron chi connectivity index (χ0n) is 16.2. The lowest BCUT2D eigenvalue weighted by Gasteiger charge is -2.21. The molecule has 2 aromatic carbocycles. The number of rotatable bonds is 5. The largest absolute Gasteiger partial charge is 0.345 e. The first-order chi connectivity index (χ1) is 13.8. The van der Waals surface area contributed by atoms with Gasteiger partial charge in [-0.05, 0) is 55.7 Å². The van der Waals surface area contributed by atoms with E-state index >= 15 is 0 Å². The number of hydrogen-bond donors (Lipinski definition) is 1. The number of nitrogens with zero attached hydrogens (tertiary/aromatic N) is 1. The number of amides is 1. The molecular weight excluding hydrogens is 415 g/mol. The molecule has 0 radical (unpaired) electrons. The molecule has 0 saturated carbocycles. The van der Waals surface area contributed by atoms with Crippen LogP contribution in [-0.2, 0) is 10.0 Å². The fourth-order valence-corrected chi connectivity index (χ4v) is 5.13. The van der Waals surface area contributed by atoms with Crippen LogP contribution in [0.5, 0.6) is 0 Å². The normalized spacial score (nSPS) is 16.8. The van der Waals surface area contributed by atoms with Crippen LogP contribution in [0.2, 0.25) is 5.02 Å². The molecule has 29 heavy (non-hydrogen) atoms. The minimum Gasteiger partial charge on any atom is -0.345 e. The van der Waals surface area contributed by atoms with Gasteiger partial charge in [0.15, 0.2) is 0 Å². The maximum Gasteiger partial charge on any atom is 0.253 e. The monoisotopic (exact) mass is 438 g/mol. The molecule has 0 spiro atoms. The molecule has 5 nitrogen and oxygen atoms in total. The summed E-state index contributed by atoms with van der Waals surface area (Å²) in [4.78, 5) is 12.8. The third-order valence-electron chi connectivity index (χ3n) is 5.10. The van der Waals surface area contributed by atoms with E-state index in [-0.39, 0.29) is 21.3 Å². The lowest BCUT2D eigenvalue weighted by atomic mass is 10.1. The van der Waals surface area contributed by atoms with E-state index in [1.165, 1.54) is 34.6 Å². The van der Waals surface area contributed by atoms with Gasteiger partial charge in [0.05, 0.1) is 21.5 Å². The van der Waals surface area contributed by atoms with E-state index in [0.29, 0.717) is 13.1 Å². The fourth-order valence-electron chi connectivity index (χ4n) is 3.38. The molecule has 1 fully saturated rings. The quantitative estimate of drug-likeness (QED) is 0.745. The molecule has 8 heteroatoms. The lowest BCUT2D eigenvalue weighted by Crippen LogP contribution is -2.32. The highest BCUT2D eigenvalue weighted by Gasteiger charge is 2.27. The van der Waals surface area contributed by atoms with Gasteiger partial charge in [-0.15, -0.1) is 0 Å². The molecule has 1 amide bonds. The summed E-state index contributed by atoms with van der Waals surface area (Å²) in [5.41, 5.74) is 0.820. The summed E-state index contributed by atoms with van der Waals surface area (Å²) < 4.78 is 40.6. The molecule has 0 aliphatic carbocycles. The minimum atomic E-state index is -3.69. The third kappa shape index (κ3) is 5.15. The van der Waals surface area contributed by atoms with Gasteiger partial charge in [0, 0.05) is 13.1 Å². The molecular formula is C21H24ClFN2O3S. The van der Waals surface area contributed by atoms with Crippen molar-refractivity contribution in [2.75, 3.05) is 13.1 Å². The maximum absolute atomic E-state index is 13.1. The average Bonchev–Trinajstić information content (AvgIpc) is 2.98. The van der Waals surface area contributed by atoms with E-state index in [1.807, 2.05) is 0 Å². The van der Waals surface area contributed by atoms with Gasteiger partial charge in [0.25, 0.3) is 5.91 Å². The highest BCUT2D eigenvalue weighted by atomic mass is 35.5. The Kier molecular flexibility index (Phi) is 6.93. The maximum atomic E-state index is 13.1. The van der Waals surface area contributed by atoms with Crippen LogP contribution in [0.1, 0.15) is 54.6 Å². The molecule has 0 bridgehead atoms. The minimum absolute atomic E-state index is 0.0587. The van der Waals surface area contributed by atoms with Gasteiger partial charge in [-0.25, -0.2) is 12.8 Å². The molecule has 3 rings (SSSR count). The van der Waals surface area contributed by atoms with Crippen molar-refractivity contribution < 1.29 is 17.6 Å². The Hall–Kier alpha value is -1.96. The van der Waals surface area contributed by atoms with E-state index in [0.717, 1.165) is 31.2 Å². The Balaban J connectivity index is 1.82. The van der Waals surface area contributed by atoms with E-state index in [9.17, 15) is 17.6 Å². The molecule has 1 heterocycles. The zero-order valence-corrected chi connectivity index (χ0v) is 17.8. The van der Waals surface area contributed by atoms with E-state index in [4.69, 9.17) is 11.6 Å². The number of benzene rings is 2. The molecule has 0 unspecified atom stereocenters. The second kappa shape index (κ2) is 9.24. The molecule has 1 N–H and O–H groups in total. The first-order valence-corrected chi connectivity index (χ1v) is 11.5. The molecule has 1 aliphatic rings. The predicted octanol–water partition coefficient (Wildman–Crippen LogP) is 4.53. The summed E-state index contributed by atoms with van der Waals surface area (Å²) in [5.74, 6) is -0.846. The molecule has 156 valence electrons. The summed E-state index contributed by atoms with van der Waals surface area (Å²) in [7, 11) is -3.69. The van der Waals surface area contributed by atoms with E-state index in [1.54, 1.807) is 19.1 Å². The van der Waals surface area contributed by atoms with Crippen LogP contribution in [0.15, 0.2) is 47.4 Å². The topological polar surface area (TPSA) is 66.5 Å². The smallest absolute Gasteiger partial charge is 0.253 e. The van der Waals surface area contributed by atoms with Gasteiger partial charge < -0.3 is 5.32 Å². The fraction of sp³-hybridized carbons (Fsp3) is 0.381. The first kappa shape index (κ1) is 21.7. The summed E-state index contributed by atoms with van der Waals surface area (Å²) in [5, 5.41) is 2.96. The number of carbonyl (C=O) groups is 1. The number of nitrogens with one attached hydrogen (secondary N) is 1. The Bertz CT molecular complexity index is 972. The number of carbonyl (C=O) groups excluding carboxylic acids is 1. The molecule has 1 saturated heterocycles. The number of hydrogen-bond acceptors (Lipinski definition) is 3. The molecule has 0 aromatic heterocycles. The van der Waals surface area contributed by atoms with Gasteiger partial charge in [0.1, 0.15) is 5.82 Å². The van der Waals surface area contributed by atoms with Crippen LogP contribution in [0.3, 0.4) is 0 Å². The second-order valence-corrected chi connectivity index (χ2v) is 9.55. The summed E-state index contributed by atoms with van der Waals surface area (Å²) in [6, 6.07) is 9.61. The highest BCUT2D eigenvalue weighted by Crippen LogP contribution is 2.25. The van der Waals surface area contributed by atoms with Crippen LogP contribution in [0, 0.1) is 5.82 Å². The third-order valence-corrected chi connectivity index (χ3v) is 7.33. The Labute approximate surface area is 175 Å². The standard InChI is InChI=1S/C21H24ClFN2O3S/c1-15(16-6-8-17(23)9-7-16)24-21(26)19-14-18(10-11-20(19)22)29(27,28)25-12-4-2-3-5-13-25/h6-11,14-15H,2-5,12-13H2,1H3,(H,24,26)/t15-/m0/s1. The Morgan fingerprint density at radius 1 is 1.07 bits per heavy atom. The predicted molar refractivity (Wildman–Crippen MR) is 111 cm³/mol. The molecule has 1 aliphatic heterocycles. The SMILES string of the molecule is C[C@H](NC(=O)c1cc(S(=O)(=O)N2CCCCCC2)ccc1Cl)c1ccc(F)cc1. The van der Waals surface area contributed by atoms with Crippen molar-refractivity contribution in [1.29, 1.82) is 0 Å². The van der Waals surface area contributed by atoms with Crippen molar-refractivity contribution in [1.82, 2.24) is 9.62 Å². The van der Waals surface area contributed by atoms with Crippen LogP contribution in [0.25, 0.3) is 0 Å². The van der Waals surface area contributed by atoms with Crippen molar-refractivity contribution in [3.8, 4) is 0 Å². The number of halogens is 2. The summed E-state index contributed by atoms with van der Waals surface area (Å²) >= 11 is 6.18. The van der Waals surface area contributed by atoms with Gasteiger partial charge in [-0.3, -0.25) is 4.79 Å².